The Kier molecular flexibility index (Phi) is 4.29. The standard InChI is InChI=1S/C11H19NO4/c1-7(13)6-12(2)10(14)8-4-3-5-9(8)11(15)16/h7-9,13H,3-6H2,1-2H3,(H,15,16). The van der Waals surface area contributed by atoms with Crippen LogP contribution in [0.2, 0.25) is 0 Å². The highest BCUT2D eigenvalue weighted by molar-refractivity contribution is 5.85. The number of hydrogen-bond acceptors (Lipinski definition) is 3. The van der Waals surface area contributed by atoms with E-state index in [0.29, 0.717) is 12.8 Å². The first kappa shape index (κ1) is 13.0. The highest BCUT2D eigenvalue weighted by Gasteiger charge is 2.38. The van der Waals surface area contributed by atoms with Crippen LogP contribution in [0.25, 0.3) is 0 Å². The summed E-state index contributed by atoms with van der Waals surface area (Å²) in [5, 5.41) is 18.2. The van der Waals surface area contributed by atoms with Crippen LogP contribution >= 0.6 is 0 Å². The molecule has 1 saturated carbocycles. The van der Waals surface area contributed by atoms with Gasteiger partial charge in [0, 0.05) is 13.6 Å². The minimum atomic E-state index is -0.888. The lowest BCUT2D eigenvalue weighted by molar-refractivity contribution is -0.149. The van der Waals surface area contributed by atoms with E-state index in [0.717, 1.165) is 6.42 Å². The third-order valence-corrected chi connectivity index (χ3v) is 3.06. The first-order valence-electron chi connectivity index (χ1n) is 5.59. The molecule has 16 heavy (non-hydrogen) atoms. The SMILES string of the molecule is CC(O)CN(C)C(=O)C1CCCC1C(=O)O. The molecule has 0 aliphatic heterocycles. The van der Waals surface area contributed by atoms with E-state index in [1.54, 1.807) is 14.0 Å². The van der Waals surface area contributed by atoms with Crippen LogP contribution in [0.15, 0.2) is 0 Å². The van der Waals surface area contributed by atoms with Gasteiger partial charge in [-0.3, -0.25) is 9.59 Å². The molecule has 2 N–H and O–H groups in total. The van der Waals surface area contributed by atoms with Crippen LogP contribution in [0.1, 0.15) is 26.2 Å². The van der Waals surface area contributed by atoms with E-state index in [2.05, 4.69) is 0 Å². The number of amides is 1. The number of carboxylic acid groups (broad SMARTS) is 1. The van der Waals surface area contributed by atoms with Crippen LogP contribution in [0, 0.1) is 11.8 Å². The van der Waals surface area contributed by atoms with E-state index in [1.807, 2.05) is 0 Å². The van der Waals surface area contributed by atoms with Crippen LogP contribution < -0.4 is 0 Å². The maximum atomic E-state index is 11.9. The maximum absolute atomic E-state index is 11.9. The van der Waals surface area contributed by atoms with Crippen molar-refractivity contribution in [3.8, 4) is 0 Å². The number of nitrogens with zero attached hydrogens (tertiary/aromatic N) is 1. The lowest BCUT2D eigenvalue weighted by Gasteiger charge is -2.24. The summed E-state index contributed by atoms with van der Waals surface area (Å²) in [6.45, 7) is 1.86. The zero-order chi connectivity index (χ0) is 12.3. The number of rotatable bonds is 4. The van der Waals surface area contributed by atoms with Gasteiger partial charge in [0.1, 0.15) is 0 Å². The number of hydrogen-bond donors (Lipinski definition) is 2. The Morgan fingerprint density at radius 1 is 1.38 bits per heavy atom. The Hall–Kier alpha value is -1.10. The smallest absolute Gasteiger partial charge is 0.307 e. The first-order valence-corrected chi connectivity index (χ1v) is 5.59. The molecule has 0 heterocycles. The van der Waals surface area contributed by atoms with Gasteiger partial charge in [-0.15, -0.1) is 0 Å². The topological polar surface area (TPSA) is 77.8 Å². The number of aliphatic carboxylic acids is 1. The summed E-state index contributed by atoms with van der Waals surface area (Å²) in [5.41, 5.74) is 0. The minimum Gasteiger partial charge on any atom is -0.481 e. The van der Waals surface area contributed by atoms with Crippen molar-refractivity contribution in [1.29, 1.82) is 0 Å². The van der Waals surface area contributed by atoms with Gasteiger partial charge in [0.05, 0.1) is 17.9 Å². The fourth-order valence-corrected chi connectivity index (χ4v) is 2.32. The van der Waals surface area contributed by atoms with Gasteiger partial charge in [-0.1, -0.05) is 6.42 Å². The molecule has 0 saturated heterocycles. The summed E-state index contributed by atoms with van der Waals surface area (Å²) in [6, 6.07) is 0. The van der Waals surface area contributed by atoms with Gasteiger partial charge in [-0.05, 0) is 19.8 Å². The summed E-state index contributed by atoms with van der Waals surface area (Å²) >= 11 is 0. The number of carboxylic acids is 1. The molecule has 3 atom stereocenters. The number of aliphatic hydroxyl groups excluding tert-OH is 1. The van der Waals surface area contributed by atoms with E-state index >= 15 is 0 Å². The molecule has 5 heteroatoms. The van der Waals surface area contributed by atoms with Gasteiger partial charge in [-0.25, -0.2) is 0 Å². The number of likely N-dealkylation sites (N-methyl/N-ethyl adjacent to an activating group) is 1. The number of carbonyl (C=O) groups excluding carboxylic acids is 1. The zero-order valence-corrected chi connectivity index (χ0v) is 9.72. The Morgan fingerprint density at radius 3 is 2.44 bits per heavy atom. The first-order chi connectivity index (χ1) is 7.43. The van der Waals surface area contributed by atoms with Crippen molar-refractivity contribution in [1.82, 2.24) is 4.90 Å². The van der Waals surface area contributed by atoms with E-state index in [4.69, 9.17) is 5.11 Å². The van der Waals surface area contributed by atoms with E-state index in [1.165, 1.54) is 4.90 Å². The second kappa shape index (κ2) is 5.30. The van der Waals surface area contributed by atoms with Crippen molar-refractivity contribution < 1.29 is 19.8 Å². The maximum Gasteiger partial charge on any atom is 0.307 e. The molecule has 5 nitrogen and oxygen atoms in total. The lowest BCUT2D eigenvalue weighted by atomic mass is 9.95. The van der Waals surface area contributed by atoms with E-state index in [9.17, 15) is 14.7 Å². The molecular formula is C11H19NO4. The zero-order valence-electron chi connectivity index (χ0n) is 9.72. The molecule has 0 aromatic carbocycles. The molecule has 1 aliphatic rings. The normalized spacial score (nSPS) is 26.4. The molecule has 1 aliphatic carbocycles. The van der Waals surface area contributed by atoms with Crippen molar-refractivity contribution in [2.45, 2.75) is 32.3 Å². The second-order valence-electron chi connectivity index (χ2n) is 4.55. The lowest BCUT2D eigenvalue weighted by Crippen LogP contribution is -2.39. The van der Waals surface area contributed by atoms with Crippen LogP contribution in [-0.2, 0) is 9.59 Å². The Balaban J connectivity index is 2.62. The monoisotopic (exact) mass is 229 g/mol. The van der Waals surface area contributed by atoms with Crippen molar-refractivity contribution in [2.75, 3.05) is 13.6 Å². The van der Waals surface area contributed by atoms with E-state index in [-0.39, 0.29) is 12.5 Å². The van der Waals surface area contributed by atoms with Gasteiger partial charge < -0.3 is 15.1 Å². The third-order valence-electron chi connectivity index (χ3n) is 3.06. The fourth-order valence-electron chi connectivity index (χ4n) is 2.32. The quantitative estimate of drug-likeness (QED) is 0.728. The largest absolute Gasteiger partial charge is 0.481 e. The summed E-state index contributed by atoms with van der Waals surface area (Å²) in [4.78, 5) is 24.3. The minimum absolute atomic E-state index is 0.161. The van der Waals surface area contributed by atoms with Crippen LogP contribution in [0.3, 0.4) is 0 Å². The Labute approximate surface area is 95.1 Å². The molecule has 0 aromatic heterocycles. The highest BCUT2D eigenvalue weighted by atomic mass is 16.4. The molecule has 1 fully saturated rings. The predicted molar refractivity (Wildman–Crippen MR) is 57.8 cm³/mol. The highest BCUT2D eigenvalue weighted by Crippen LogP contribution is 2.33. The average Bonchev–Trinajstić information content (AvgIpc) is 2.63. The van der Waals surface area contributed by atoms with Crippen molar-refractivity contribution in [3.63, 3.8) is 0 Å². The summed E-state index contributed by atoms with van der Waals surface area (Å²) in [7, 11) is 1.60. The number of carbonyl (C=O) groups is 2. The predicted octanol–water partition coefficient (Wildman–Crippen LogP) is 0.326. The molecule has 0 bridgehead atoms. The second-order valence-corrected chi connectivity index (χ2v) is 4.55. The third kappa shape index (κ3) is 2.95. The Bertz CT molecular complexity index is 277. The molecule has 1 rings (SSSR count). The molecule has 3 unspecified atom stereocenters. The average molecular weight is 229 g/mol. The van der Waals surface area contributed by atoms with Crippen LogP contribution in [-0.4, -0.2) is 46.7 Å². The summed E-state index contributed by atoms with van der Waals surface area (Å²) < 4.78 is 0. The van der Waals surface area contributed by atoms with Gasteiger partial charge in [0.2, 0.25) is 5.91 Å². The van der Waals surface area contributed by atoms with E-state index < -0.39 is 23.9 Å². The van der Waals surface area contributed by atoms with Gasteiger partial charge in [0.25, 0.3) is 0 Å². The van der Waals surface area contributed by atoms with Crippen molar-refractivity contribution in [3.05, 3.63) is 0 Å². The van der Waals surface area contributed by atoms with Gasteiger partial charge in [-0.2, -0.15) is 0 Å². The van der Waals surface area contributed by atoms with Crippen LogP contribution in [0.5, 0.6) is 0 Å². The molecule has 1 amide bonds. The molecule has 0 radical (unpaired) electrons. The fraction of sp³-hybridized carbons (Fsp3) is 0.818. The van der Waals surface area contributed by atoms with Crippen molar-refractivity contribution >= 4 is 11.9 Å². The molecule has 0 spiro atoms. The van der Waals surface area contributed by atoms with Crippen molar-refractivity contribution in [2.24, 2.45) is 11.8 Å². The molecule has 0 aromatic rings. The molecule has 92 valence electrons. The number of aliphatic hydroxyl groups is 1. The molecular weight excluding hydrogens is 210 g/mol. The van der Waals surface area contributed by atoms with Gasteiger partial charge >= 0.3 is 5.97 Å². The van der Waals surface area contributed by atoms with Gasteiger partial charge in [0.15, 0.2) is 0 Å². The summed E-state index contributed by atoms with van der Waals surface area (Å²) in [5.74, 6) is -2.02. The Morgan fingerprint density at radius 2 is 1.94 bits per heavy atom. The van der Waals surface area contributed by atoms with Crippen LogP contribution in [0.4, 0.5) is 0 Å². The summed E-state index contributed by atoms with van der Waals surface area (Å²) in [6.07, 6.45) is 1.42.